The van der Waals surface area contributed by atoms with E-state index in [1.807, 2.05) is 18.2 Å². The van der Waals surface area contributed by atoms with Crippen LogP contribution in [0.15, 0.2) is 22.6 Å². The van der Waals surface area contributed by atoms with E-state index >= 15 is 0 Å². The van der Waals surface area contributed by atoms with E-state index in [9.17, 15) is 4.79 Å². The van der Waals surface area contributed by atoms with E-state index in [1.54, 1.807) is 11.8 Å². The Labute approximate surface area is 157 Å². The van der Waals surface area contributed by atoms with E-state index in [-0.39, 0.29) is 12.1 Å². The summed E-state index contributed by atoms with van der Waals surface area (Å²) >= 11 is 6.34. The standard InChI is InChI=1S/C19H23ClN4O2/c1-12-22-23-18(26-12)17-7-2-3-10-24(17)19(25)21-14-8-9-16(20)15(11-14)13-5-4-6-13/h8-9,11,13,17H,2-7,10H2,1H3,(H,21,25). The van der Waals surface area contributed by atoms with Crippen LogP contribution in [0.2, 0.25) is 5.02 Å². The maximum absolute atomic E-state index is 12.9. The van der Waals surface area contributed by atoms with Crippen molar-refractivity contribution in [3.05, 3.63) is 40.6 Å². The molecule has 6 nitrogen and oxygen atoms in total. The number of amides is 2. The first-order chi connectivity index (χ1) is 12.6. The summed E-state index contributed by atoms with van der Waals surface area (Å²) < 4.78 is 5.58. The van der Waals surface area contributed by atoms with Gasteiger partial charge in [0.1, 0.15) is 6.04 Å². The van der Waals surface area contributed by atoms with E-state index in [4.69, 9.17) is 16.0 Å². The second-order valence-corrected chi connectivity index (χ2v) is 7.57. The van der Waals surface area contributed by atoms with Crippen molar-refractivity contribution < 1.29 is 9.21 Å². The predicted molar refractivity (Wildman–Crippen MR) is 99.4 cm³/mol. The van der Waals surface area contributed by atoms with Gasteiger partial charge in [0.05, 0.1) is 0 Å². The third-order valence-electron chi connectivity index (χ3n) is 5.38. The zero-order valence-corrected chi connectivity index (χ0v) is 15.6. The predicted octanol–water partition coefficient (Wildman–Crippen LogP) is 5.06. The fourth-order valence-corrected chi connectivity index (χ4v) is 4.00. The van der Waals surface area contributed by atoms with Gasteiger partial charge in [-0.3, -0.25) is 0 Å². The number of aryl methyl sites for hydroxylation is 1. The number of aromatic nitrogens is 2. The second-order valence-electron chi connectivity index (χ2n) is 7.16. The van der Waals surface area contributed by atoms with Crippen molar-refractivity contribution in [1.82, 2.24) is 15.1 Å². The van der Waals surface area contributed by atoms with E-state index in [0.29, 0.717) is 24.2 Å². The molecule has 7 heteroatoms. The molecule has 1 saturated carbocycles. The number of likely N-dealkylation sites (tertiary alicyclic amines) is 1. The first-order valence-corrected chi connectivity index (χ1v) is 9.66. The van der Waals surface area contributed by atoms with Crippen molar-refractivity contribution in [1.29, 1.82) is 0 Å². The molecule has 2 fully saturated rings. The summed E-state index contributed by atoms with van der Waals surface area (Å²) in [5.74, 6) is 1.56. The van der Waals surface area contributed by atoms with Crippen LogP contribution in [-0.2, 0) is 0 Å². The molecule has 2 amide bonds. The van der Waals surface area contributed by atoms with Gasteiger partial charge in [0.25, 0.3) is 0 Å². The highest BCUT2D eigenvalue weighted by molar-refractivity contribution is 6.31. The van der Waals surface area contributed by atoms with E-state index in [2.05, 4.69) is 15.5 Å². The molecule has 1 aliphatic carbocycles. The third kappa shape index (κ3) is 3.43. The number of rotatable bonds is 3. The normalized spacial score (nSPS) is 20.7. The monoisotopic (exact) mass is 374 g/mol. The smallest absolute Gasteiger partial charge is 0.322 e. The minimum Gasteiger partial charge on any atom is -0.423 e. The maximum Gasteiger partial charge on any atom is 0.322 e. The number of carbonyl (C=O) groups excluding carboxylic acids is 1. The quantitative estimate of drug-likeness (QED) is 0.815. The highest BCUT2D eigenvalue weighted by atomic mass is 35.5. The van der Waals surface area contributed by atoms with Gasteiger partial charge in [0.2, 0.25) is 11.8 Å². The number of nitrogens with one attached hydrogen (secondary N) is 1. The van der Waals surface area contributed by atoms with Gasteiger partial charge in [-0.25, -0.2) is 4.79 Å². The summed E-state index contributed by atoms with van der Waals surface area (Å²) in [5, 5.41) is 11.8. The summed E-state index contributed by atoms with van der Waals surface area (Å²) in [7, 11) is 0. The summed E-state index contributed by atoms with van der Waals surface area (Å²) in [4.78, 5) is 14.7. The lowest BCUT2D eigenvalue weighted by Crippen LogP contribution is -2.41. The molecule has 4 rings (SSSR count). The van der Waals surface area contributed by atoms with Crippen molar-refractivity contribution in [3.63, 3.8) is 0 Å². The molecule has 0 spiro atoms. The zero-order valence-electron chi connectivity index (χ0n) is 14.9. The van der Waals surface area contributed by atoms with Gasteiger partial charge < -0.3 is 14.6 Å². The third-order valence-corrected chi connectivity index (χ3v) is 5.73. The lowest BCUT2D eigenvalue weighted by atomic mass is 9.80. The maximum atomic E-state index is 12.9. The molecule has 1 atom stereocenters. The zero-order chi connectivity index (χ0) is 18.1. The molecule has 2 aromatic rings. The first kappa shape index (κ1) is 17.3. The molecule has 1 aliphatic heterocycles. The van der Waals surface area contributed by atoms with Crippen LogP contribution in [0.1, 0.15) is 67.8 Å². The van der Waals surface area contributed by atoms with Crippen LogP contribution >= 0.6 is 11.6 Å². The van der Waals surface area contributed by atoms with Crippen molar-refractivity contribution >= 4 is 23.3 Å². The van der Waals surface area contributed by atoms with Gasteiger partial charge >= 0.3 is 6.03 Å². The van der Waals surface area contributed by atoms with Crippen LogP contribution in [0.5, 0.6) is 0 Å². The molecule has 2 aliphatic rings. The largest absolute Gasteiger partial charge is 0.423 e. The van der Waals surface area contributed by atoms with Crippen LogP contribution in [0.25, 0.3) is 0 Å². The Morgan fingerprint density at radius 1 is 1.23 bits per heavy atom. The summed E-state index contributed by atoms with van der Waals surface area (Å²) in [6.07, 6.45) is 6.44. The van der Waals surface area contributed by atoms with Crippen LogP contribution in [0, 0.1) is 6.92 Å². The van der Waals surface area contributed by atoms with Gasteiger partial charge in [-0.1, -0.05) is 18.0 Å². The van der Waals surface area contributed by atoms with Gasteiger partial charge in [-0.05, 0) is 61.8 Å². The fraction of sp³-hybridized carbons (Fsp3) is 0.526. The summed E-state index contributed by atoms with van der Waals surface area (Å²) in [5.41, 5.74) is 1.92. The highest BCUT2D eigenvalue weighted by Gasteiger charge is 2.32. The Balaban J connectivity index is 1.51. The van der Waals surface area contributed by atoms with Crippen LogP contribution in [0.4, 0.5) is 10.5 Å². The number of benzene rings is 1. The molecule has 2 heterocycles. The average molecular weight is 375 g/mol. The van der Waals surface area contributed by atoms with Crippen molar-refractivity contribution in [3.8, 4) is 0 Å². The topological polar surface area (TPSA) is 71.3 Å². The number of carbonyl (C=O) groups is 1. The van der Waals surface area contributed by atoms with E-state index in [0.717, 1.165) is 35.5 Å². The minimum absolute atomic E-state index is 0.132. The lowest BCUT2D eigenvalue weighted by molar-refractivity contribution is 0.147. The molecule has 1 aromatic carbocycles. The molecule has 0 radical (unpaired) electrons. The molecule has 0 bridgehead atoms. The number of piperidine rings is 1. The molecule has 138 valence electrons. The SMILES string of the molecule is Cc1nnc(C2CCCCN2C(=O)Nc2ccc(Cl)c(C3CCC3)c2)o1. The van der Waals surface area contributed by atoms with Crippen molar-refractivity contribution in [2.75, 3.05) is 11.9 Å². The molecule has 26 heavy (non-hydrogen) atoms. The van der Waals surface area contributed by atoms with Crippen molar-refractivity contribution in [2.45, 2.75) is 57.4 Å². The van der Waals surface area contributed by atoms with E-state index in [1.165, 1.54) is 19.3 Å². The second kappa shape index (κ2) is 7.27. The van der Waals surface area contributed by atoms with E-state index < -0.39 is 0 Å². The van der Waals surface area contributed by atoms with Crippen molar-refractivity contribution in [2.24, 2.45) is 0 Å². The number of urea groups is 1. The highest BCUT2D eigenvalue weighted by Crippen LogP contribution is 2.40. The Kier molecular flexibility index (Phi) is 4.85. The Hall–Kier alpha value is -2.08. The molecule has 1 unspecified atom stereocenters. The number of hydrogen-bond acceptors (Lipinski definition) is 4. The Morgan fingerprint density at radius 3 is 2.77 bits per heavy atom. The molecule has 1 saturated heterocycles. The first-order valence-electron chi connectivity index (χ1n) is 9.29. The van der Waals surface area contributed by atoms with Crippen LogP contribution in [-0.4, -0.2) is 27.7 Å². The molecular formula is C19H23ClN4O2. The van der Waals surface area contributed by atoms with Gasteiger partial charge in [-0.15, -0.1) is 10.2 Å². The lowest BCUT2D eigenvalue weighted by Gasteiger charge is -2.33. The molecule has 1 N–H and O–H groups in total. The number of nitrogens with zero attached hydrogens (tertiary/aromatic N) is 3. The van der Waals surface area contributed by atoms with Crippen LogP contribution < -0.4 is 5.32 Å². The Bertz CT molecular complexity index is 803. The van der Waals surface area contributed by atoms with Gasteiger partial charge in [0.15, 0.2) is 0 Å². The van der Waals surface area contributed by atoms with Gasteiger partial charge in [-0.2, -0.15) is 0 Å². The van der Waals surface area contributed by atoms with Gasteiger partial charge in [0, 0.05) is 24.2 Å². The number of hydrogen-bond donors (Lipinski definition) is 1. The summed E-state index contributed by atoms with van der Waals surface area (Å²) in [6.45, 7) is 2.44. The Morgan fingerprint density at radius 2 is 2.08 bits per heavy atom. The minimum atomic E-state index is -0.164. The number of anilines is 1. The average Bonchev–Trinajstić information content (AvgIpc) is 3.02. The fourth-order valence-electron chi connectivity index (χ4n) is 3.73. The molecule has 1 aromatic heterocycles. The summed E-state index contributed by atoms with van der Waals surface area (Å²) in [6, 6.07) is 5.45. The molecular weight excluding hydrogens is 352 g/mol. The van der Waals surface area contributed by atoms with Crippen LogP contribution in [0.3, 0.4) is 0 Å². The number of halogens is 1.